The first-order valence-electron chi connectivity index (χ1n) is 10.2. The average molecular weight is 477 g/mol. The number of amides is 1. The molecule has 0 saturated carbocycles. The molecule has 33 heavy (non-hydrogen) atoms. The van der Waals surface area contributed by atoms with Crippen molar-refractivity contribution in [2.45, 2.75) is 18.4 Å². The van der Waals surface area contributed by atoms with Gasteiger partial charge in [-0.2, -0.15) is 4.31 Å². The molecule has 3 aromatic rings. The minimum Gasteiger partial charge on any atom is -0.507 e. The van der Waals surface area contributed by atoms with E-state index in [1.165, 1.54) is 43.8 Å². The third-order valence-corrected chi connectivity index (χ3v) is 7.75. The number of imidazole rings is 1. The Kier molecular flexibility index (Phi) is 5.62. The fourth-order valence-electron chi connectivity index (χ4n) is 3.92. The second-order valence-electron chi connectivity index (χ2n) is 8.02. The van der Waals surface area contributed by atoms with E-state index in [0.717, 1.165) is 4.57 Å². The highest BCUT2D eigenvalue weighted by Crippen LogP contribution is 2.27. The van der Waals surface area contributed by atoms with E-state index in [-0.39, 0.29) is 48.0 Å². The van der Waals surface area contributed by atoms with Crippen molar-refractivity contribution in [3.8, 4) is 5.75 Å². The van der Waals surface area contributed by atoms with Crippen molar-refractivity contribution in [1.29, 1.82) is 0 Å². The third kappa shape index (κ3) is 3.82. The SMILES string of the molecule is Cc1ccc(O)c(S(=O)(=O)N2CCN(C(=O)Cn3c(=O)c4c(ncn4C)n(C)c3=O)CC2)c1. The molecule has 1 saturated heterocycles. The van der Waals surface area contributed by atoms with Gasteiger partial charge in [-0.15, -0.1) is 0 Å². The Morgan fingerprint density at radius 2 is 1.79 bits per heavy atom. The van der Waals surface area contributed by atoms with E-state index < -0.39 is 33.7 Å². The molecule has 1 aromatic carbocycles. The zero-order valence-corrected chi connectivity index (χ0v) is 19.2. The lowest BCUT2D eigenvalue weighted by Gasteiger charge is -2.34. The number of benzene rings is 1. The van der Waals surface area contributed by atoms with Crippen LogP contribution in [0.3, 0.4) is 0 Å². The molecule has 12 nitrogen and oxygen atoms in total. The smallest absolute Gasteiger partial charge is 0.332 e. The summed E-state index contributed by atoms with van der Waals surface area (Å²) in [7, 11) is -0.839. The summed E-state index contributed by atoms with van der Waals surface area (Å²) >= 11 is 0. The maximum Gasteiger partial charge on any atom is 0.332 e. The van der Waals surface area contributed by atoms with E-state index in [1.807, 2.05) is 0 Å². The van der Waals surface area contributed by atoms with E-state index in [4.69, 9.17) is 0 Å². The standard InChI is InChI=1S/C20H24N6O6S/c1-13-4-5-14(27)15(10-13)33(31,32)25-8-6-24(7-9-25)16(28)11-26-19(29)17-18(21-12-22(17)2)23(3)20(26)30/h4-5,10,12,27H,6-9,11H2,1-3H3. The first-order valence-corrected chi connectivity index (χ1v) is 11.6. The molecule has 13 heteroatoms. The number of carbonyl (C=O) groups excluding carboxylic acids is 1. The minimum atomic E-state index is -3.94. The third-order valence-electron chi connectivity index (χ3n) is 5.82. The quantitative estimate of drug-likeness (QED) is 0.508. The molecule has 0 atom stereocenters. The summed E-state index contributed by atoms with van der Waals surface area (Å²) in [6.45, 7) is 1.49. The van der Waals surface area contributed by atoms with Crippen LogP contribution < -0.4 is 11.2 Å². The van der Waals surface area contributed by atoms with Gasteiger partial charge < -0.3 is 14.6 Å². The maximum absolute atomic E-state index is 13.0. The van der Waals surface area contributed by atoms with Gasteiger partial charge in [0.25, 0.3) is 5.56 Å². The lowest BCUT2D eigenvalue weighted by molar-refractivity contribution is -0.133. The number of hydrogen-bond donors (Lipinski definition) is 1. The zero-order chi connectivity index (χ0) is 24.1. The van der Waals surface area contributed by atoms with Gasteiger partial charge >= 0.3 is 5.69 Å². The molecule has 0 aliphatic carbocycles. The van der Waals surface area contributed by atoms with Crippen LogP contribution in [0, 0.1) is 6.92 Å². The Labute approximate surface area is 189 Å². The van der Waals surface area contributed by atoms with Gasteiger partial charge in [0.2, 0.25) is 15.9 Å². The Morgan fingerprint density at radius 3 is 2.45 bits per heavy atom. The summed E-state index contributed by atoms with van der Waals surface area (Å²) in [5.41, 5.74) is -0.140. The van der Waals surface area contributed by atoms with E-state index >= 15 is 0 Å². The molecule has 0 bridgehead atoms. The minimum absolute atomic E-state index is 0.0229. The molecular weight excluding hydrogens is 452 g/mol. The molecule has 1 aliphatic rings. The summed E-state index contributed by atoms with van der Waals surface area (Å²) < 4.78 is 30.7. The van der Waals surface area contributed by atoms with Gasteiger partial charge in [-0.05, 0) is 24.6 Å². The highest BCUT2D eigenvalue weighted by Gasteiger charge is 2.32. The summed E-state index contributed by atoms with van der Waals surface area (Å²) in [5.74, 6) is -0.800. The van der Waals surface area contributed by atoms with Crippen molar-refractivity contribution in [3.05, 3.63) is 50.9 Å². The lowest BCUT2D eigenvalue weighted by atomic mass is 10.2. The average Bonchev–Trinajstić information content (AvgIpc) is 3.18. The number of aromatic hydroxyl groups is 1. The van der Waals surface area contributed by atoms with Crippen LogP contribution in [-0.2, 0) is 35.5 Å². The normalized spacial score (nSPS) is 15.3. The van der Waals surface area contributed by atoms with Crippen molar-refractivity contribution in [2.75, 3.05) is 26.2 Å². The number of rotatable bonds is 4. The van der Waals surface area contributed by atoms with Crippen molar-refractivity contribution < 1.29 is 18.3 Å². The predicted molar refractivity (Wildman–Crippen MR) is 118 cm³/mol. The van der Waals surface area contributed by atoms with Gasteiger partial charge in [0.1, 0.15) is 17.2 Å². The van der Waals surface area contributed by atoms with Crippen LogP contribution >= 0.6 is 0 Å². The van der Waals surface area contributed by atoms with Crippen molar-refractivity contribution >= 4 is 27.1 Å². The number of phenols is 1. The lowest BCUT2D eigenvalue weighted by Crippen LogP contribution is -2.52. The van der Waals surface area contributed by atoms with E-state index in [9.17, 15) is 27.9 Å². The first-order chi connectivity index (χ1) is 15.5. The van der Waals surface area contributed by atoms with Crippen LogP contribution in [0.1, 0.15) is 5.56 Å². The van der Waals surface area contributed by atoms with Gasteiger partial charge in [0, 0.05) is 40.3 Å². The molecule has 0 radical (unpaired) electrons. The van der Waals surface area contributed by atoms with Gasteiger partial charge in [-0.25, -0.2) is 22.8 Å². The van der Waals surface area contributed by atoms with Crippen LogP contribution in [0.25, 0.3) is 11.2 Å². The number of fused-ring (bicyclic) bond motifs is 1. The van der Waals surface area contributed by atoms with Crippen LogP contribution in [0.5, 0.6) is 5.75 Å². The number of aryl methyl sites for hydroxylation is 3. The number of sulfonamides is 1. The maximum atomic E-state index is 13.0. The Hall–Kier alpha value is -3.45. The number of phenolic OH excluding ortho intramolecular Hbond substituents is 1. The van der Waals surface area contributed by atoms with Gasteiger partial charge in [0.15, 0.2) is 11.2 Å². The van der Waals surface area contributed by atoms with E-state index in [1.54, 1.807) is 20.0 Å². The summed E-state index contributed by atoms with van der Waals surface area (Å²) in [6.07, 6.45) is 1.42. The van der Waals surface area contributed by atoms with Crippen LogP contribution in [0.2, 0.25) is 0 Å². The molecule has 0 spiro atoms. The first kappa shape index (κ1) is 22.7. The number of piperazine rings is 1. The second kappa shape index (κ2) is 8.15. The zero-order valence-electron chi connectivity index (χ0n) is 18.4. The van der Waals surface area contributed by atoms with Crippen molar-refractivity contribution in [3.63, 3.8) is 0 Å². The monoisotopic (exact) mass is 476 g/mol. The largest absolute Gasteiger partial charge is 0.507 e. The van der Waals surface area contributed by atoms with E-state index in [0.29, 0.717) is 5.56 Å². The molecular formula is C20H24N6O6S. The summed E-state index contributed by atoms with van der Waals surface area (Å²) in [5, 5.41) is 10.0. The molecule has 1 fully saturated rings. The van der Waals surface area contributed by atoms with Crippen LogP contribution in [0.4, 0.5) is 0 Å². The molecule has 2 aromatic heterocycles. The van der Waals surface area contributed by atoms with E-state index in [2.05, 4.69) is 4.98 Å². The highest BCUT2D eigenvalue weighted by atomic mass is 32.2. The van der Waals surface area contributed by atoms with Crippen molar-refractivity contribution in [1.82, 2.24) is 27.9 Å². The van der Waals surface area contributed by atoms with Crippen molar-refractivity contribution in [2.24, 2.45) is 14.1 Å². The van der Waals surface area contributed by atoms with Gasteiger partial charge in [0.05, 0.1) is 6.33 Å². The number of carbonyl (C=O) groups is 1. The predicted octanol–water partition coefficient (Wildman–Crippen LogP) is -1.02. The number of nitrogens with zero attached hydrogens (tertiary/aromatic N) is 6. The topological polar surface area (TPSA) is 140 Å². The molecule has 1 aliphatic heterocycles. The van der Waals surface area contributed by atoms with Gasteiger partial charge in [-0.1, -0.05) is 6.07 Å². The Morgan fingerprint density at radius 1 is 1.12 bits per heavy atom. The van der Waals surface area contributed by atoms with Gasteiger partial charge in [-0.3, -0.25) is 14.2 Å². The number of hydrogen-bond acceptors (Lipinski definition) is 7. The fraction of sp³-hybridized carbons (Fsp3) is 0.400. The number of aromatic nitrogens is 4. The Balaban J connectivity index is 1.52. The molecule has 1 N–H and O–H groups in total. The van der Waals surface area contributed by atoms with Crippen LogP contribution in [0.15, 0.2) is 39.0 Å². The molecule has 3 heterocycles. The molecule has 176 valence electrons. The highest BCUT2D eigenvalue weighted by molar-refractivity contribution is 7.89. The molecule has 1 amide bonds. The Bertz CT molecular complexity index is 1480. The fourth-order valence-corrected chi connectivity index (χ4v) is 5.51. The van der Waals surface area contributed by atoms with Crippen LogP contribution in [-0.4, -0.2) is 73.5 Å². The molecule has 0 unspecified atom stereocenters. The molecule has 4 rings (SSSR count). The summed E-state index contributed by atoms with van der Waals surface area (Å²) in [4.78, 5) is 43.6. The second-order valence-corrected chi connectivity index (χ2v) is 9.92. The summed E-state index contributed by atoms with van der Waals surface area (Å²) in [6, 6.07) is 4.35.